The maximum absolute atomic E-state index is 5.41. The predicted octanol–water partition coefficient (Wildman–Crippen LogP) is 2.26. The van der Waals surface area contributed by atoms with Crippen molar-refractivity contribution in [1.29, 1.82) is 0 Å². The Hall–Kier alpha value is -2.15. The second-order valence-corrected chi connectivity index (χ2v) is 7.98. The van der Waals surface area contributed by atoms with Crippen molar-refractivity contribution in [3.8, 4) is 11.5 Å². The van der Waals surface area contributed by atoms with Crippen LogP contribution in [0.4, 0.5) is 5.69 Å². The highest BCUT2D eigenvalue weighted by molar-refractivity contribution is 5.80. The van der Waals surface area contributed by atoms with Crippen LogP contribution in [0.1, 0.15) is 26.7 Å². The Kier molecular flexibility index (Phi) is 6.88. The lowest BCUT2D eigenvalue weighted by atomic mass is 9.89. The highest BCUT2D eigenvalue weighted by Crippen LogP contribution is 2.30. The molecule has 0 bridgehead atoms. The Bertz CT molecular complexity index is 645. The Morgan fingerprint density at radius 3 is 2.32 bits per heavy atom. The molecular weight excluding hydrogens is 356 g/mol. The molecule has 2 heterocycles. The Morgan fingerprint density at radius 2 is 1.82 bits per heavy atom. The summed E-state index contributed by atoms with van der Waals surface area (Å²) >= 11 is 0. The summed E-state index contributed by atoms with van der Waals surface area (Å²) in [5.41, 5.74) is 1.34. The van der Waals surface area contributed by atoms with Crippen molar-refractivity contribution in [1.82, 2.24) is 10.6 Å². The average Bonchev–Trinajstić information content (AvgIpc) is 2.70. The lowest BCUT2D eigenvalue weighted by Gasteiger charge is -2.37. The van der Waals surface area contributed by atoms with Gasteiger partial charge in [0.2, 0.25) is 0 Å². The van der Waals surface area contributed by atoms with E-state index in [2.05, 4.69) is 41.5 Å². The third-order valence-electron chi connectivity index (χ3n) is 5.40. The van der Waals surface area contributed by atoms with E-state index in [1.807, 2.05) is 6.07 Å². The van der Waals surface area contributed by atoms with Gasteiger partial charge < -0.3 is 29.7 Å². The van der Waals surface area contributed by atoms with E-state index in [9.17, 15) is 0 Å². The molecule has 2 aliphatic rings. The number of piperidine rings is 1. The van der Waals surface area contributed by atoms with Gasteiger partial charge in [-0.1, -0.05) is 6.92 Å². The van der Waals surface area contributed by atoms with Gasteiger partial charge >= 0.3 is 0 Å². The van der Waals surface area contributed by atoms with E-state index in [0.717, 1.165) is 75.4 Å². The molecule has 0 unspecified atom stereocenters. The molecule has 2 N–H and O–H groups in total. The number of aliphatic imine (C=N–C) groups is 1. The quantitative estimate of drug-likeness (QED) is 0.550. The zero-order valence-corrected chi connectivity index (χ0v) is 17.6. The number of nitrogens with one attached hydrogen (secondary N) is 2. The number of methoxy groups -OCH3 is 2. The van der Waals surface area contributed by atoms with E-state index in [4.69, 9.17) is 19.2 Å². The van der Waals surface area contributed by atoms with Crippen LogP contribution in [0.2, 0.25) is 0 Å². The zero-order valence-electron chi connectivity index (χ0n) is 17.6. The van der Waals surface area contributed by atoms with Crippen LogP contribution in [0.15, 0.2) is 23.2 Å². The first-order chi connectivity index (χ1) is 13.5. The highest BCUT2D eigenvalue weighted by atomic mass is 16.5. The zero-order chi connectivity index (χ0) is 20.0. The second-order valence-electron chi connectivity index (χ2n) is 7.98. The predicted molar refractivity (Wildman–Crippen MR) is 113 cm³/mol. The third kappa shape index (κ3) is 5.22. The van der Waals surface area contributed by atoms with Gasteiger partial charge in [0.1, 0.15) is 11.5 Å². The summed E-state index contributed by atoms with van der Waals surface area (Å²) in [4.78, 5) is 7.18. The summed E-state index contributed by atoms with van der Waals surface area (Å²) in [7, 11) is 3.37. The van der Waals surface area contributed by atoms with Gasteiger partial charge in [0, 0.05) is 55.0 Å². The molecule has 1 aromatic rings. The fraction of sp³-hybridized carbons (Fsp3) is 0.667. The molecule has 0 aromatic heterocycles. The van der Waals surface area contributed by atoms with Gasteiger partial charge in [-0.3, -0.25) is 4.99 Å². The van der Waals surface area contributed by atoms with Crippen molar-refractivity contribution >= 4 is 11.6 Å². The molecule has 0 aliphatic carbocycles. The summed E-state index contributed by atoms with van der Waals surface area (Å²) in [6.45, 7) is 9.56. The number of rotatable bonds is 7. The topological polar surface area (TPSA) is 67.4 Å². The van der Waals surface area contributed by atoms with Gasteiger partial charge in [0.25, 0.3) is 0 Å². The summed E-state index contributed by atoms with van der Waals surface area (Å²) in [6.07, 6.45) is 2.12. The summed E-state index contributed by atoms with van der Waals surface area (Å²) in [5, 5.41) is 6.99. The van der Waals surface area contributed by atoms with E-state index in [-0.39, 0.29) is 5.41 Å². The van der Waals surface area contributed by atoms with Crippen LogP contribution in [0, 0.1) is 5.41 Å². The number of ether oxygens (including phenoxy) is 3. The average molecular weight is 391 g/mol. The Morgan fingerprint density at radius 1 is 1.18 bits per heavy atom. The van der Waals surface area contributed by atoms with Crippen LogP contribution in [0.3, 0.4) is 0 Å². The molecular formula is C21H34N4O3. The summed E-state index contributed by atoms with van der Waals surface area (Å²) in [5.74, 6) is 2.56. The van der Waals surface area contributed by atoms with Crippen molar-refractivity contribution in [3.05, 3.63) is 18.2 Å². The molecule has 156 valence electrons. The van der Waals surface area contributed by atoms with Crippen LogP contribution >= 0.6 is 0 Å². The molecule has 0 saturated carbocycles. The molecule has 0 atom stereocenters. The van der Waals surface area contributed by atoms with Crippen LogP contribution < -0.4 is 25.0 Å². The molecule has 7 nitrogen and oxygen atoms in total. The third-order valence-corrected chi connectivity index (χ3v) is 5.40. The number of hydrogen-bond acceptors (Lipinski definition) is 5. The molecule has 2 fully saturated rings. The Balaban J connectivity index is 1.56. The van der Waals surface area contributed by atoms with E-state index >= 15 is 0 Å². The fourth-order valence-corrected chi connectivity index (χ4v) is 3.58. The lowest BCUT2D eigenvalue weighted by Crippen LogP contribution is -2.49. The van der Waals surface area contributed by atoms with Crippen LogP contribution in [0.5, 0.6) is 11.5 Å². The standard InChI is InChI=1S/C21H34N4O3/c1-5-22-20(23-13-21(2)14-28-15-21)24-16-6-8-25(9-7-16)17-10-18(26-3)12-19(11-17)27-4/h10-12,16H,5-9,13-15H2,1-4H3,(H2,22,23,24). The maximum Gasteiger partial charge on any atom is 0.191 e. The number of nitrogens with zero attached hydrogens (tertiary/aromatic N) is 2. The van der Waals surface area contributed by atoms with Gasteiger partial charge in [-0.2, -0.15) is 0 Å². The van der Waals surface area contributed by atoms with Crippen molar-refractivity contribution in [2.45, 2.75) is 32.7 Å². The van der Waals surface area contributed by atoms with E-state index < -0.39 is 0 Å². The molecule has 0 amide bonds. The van der Waals surface area contributed by atoms with Gasteiger partial charge in [-0.15, -0.1) is 0 Å². The van der Waals surface area contributed by atoms with Crippen molar-refractivity contribution in [3.63, 3.8) is 0 Å². The highest BCUT2D eigenvalue weighted by Gasteiger charge is 2.33. The van der Waals surface area contributed by atoms with Gasteiger partial charge in [-0.25, -0.2) is 0 Å². The lowest BCUT2D eigenvalue weighted by molar-refractivity contribution is -0.0945. The fourth-order valence-electron chi connectivity index (χ4n) is 3.58. The molecule has 2 saturated heterocycles. The minimum atomic E-state index is 0.192. The molecule has 1 aromatic carbocycles. The van der Waals surface area contributed by atoms with Gasteiger partial charge in [-0.05, 0) is 19.8 Å². The molecule has 2 aliphatic heterocycles. The van der Waals surface area contributed by atoms with Crippen molar-refractivity contribution < 1.29 is 14.2 Å². The van der Waals surface area contributed by atoms with Gasteiger partial charge in [0.05, 0.1) is 34.0 Å². The first-order valence-electron chi connectivity index (χ1n) is 10.2. The van der Waals surface area contributed by atoms with Crippen LogP contribution in [0.25, 0.3) is 0 Å². The Labute approximate surface area is 168 Å². The van der Waals surface area contributed by atoms with E-state index in [1.165, 1.54) is 0 Å². The summed E-state index contributed by atoms with van der Waals surface area (Å²) in [6, 6.07) is 6.48. The van der Waals surface area contributed by atoms with Crippen molar-refractivity contribution in [2.75, 3.05) is 58.5 Å². The normalized spacial score (nSPS) is 19.7. The first-order valence-corrected chi connectivity index (χ1v) is 10.2. The largest absolute Gasteiger partial charge is 0.497 e. The molecule has 3 rings (SSSR count). The monoisotopic (exact) mass is 390 g/mol. The number of hydrogen-bond donors (Lipinski definition) is 2. The number of benzene rings is 1. The number of anilines is 1. The first kappa shape index (κ1) is 20.6. The second kappa shape index (κ2) is 9.37. The minimum absolute atomic E-state index is 0.192. The SMILES string of the molecule is CCNC(=NCC1(C)COC1)NC1CCN(c2cc(OC)cc(OC)c2)CC1. The molecule has 7 heteroatoms. The molecule has 0 spiro atoms. The van der Waals surface area contributed by atoms with E-state index in [0.29, 0.717) is 6.04 Å². The van der Waals surface area contributed by atoms with Crippen LogP contribution in [-0.4, -0.2) is 65.6 Å². The minimum Gasteiger partial charge on any atom is -0.497 e. The van der Waals surface area contributed by atoms with Crippen LogP contribution in [-0.2, 0) is 4.74 Å². The number of guanidine groups is 1. The smallest absolute Gasteiger partial charge is 0.191 e. The molecule has 0 radical (unpaired) electrons. The molecule has 28 heavy (non-hydrogen) atoms. The van der Waals surface area contributed by atoms with Crippen molar-refractivity contribution in [2.24, 2.45) is 10.4 Å². The van der Waals surface area contributed by atoms with Gasteiger partial charge in [0.15, 0.2) is 5.96 Å². The summed E-state index contributed by atoms with van der Waals surface area (Å²) < 4.78 is 16.1. The van der Waals surface area contributed by atoms with E-state index in [1.54, 1.807) is 14.2 Å². The maximum atomic E-state index is 5.41.